The number of amides is 1. The second kappa shape index (κ2) is 5.45. The first-order valence-corrected chi connectivity index (χ1v) is 7.64. The number of hydrogen-bond donors (Lipinski definition) is 1. The van der Waals surface area contributed by atoms with Crippen molar-refractivity contribution in [1.29, 1.82) is 0 Å². The fourth-order valence-corrected chi connectivity index (χ4v) is 2.69. The number of halogens is 1. The minimum Gasteiger partial charge on any atom is -0.448 e. The minimum absolute atomic E-state index is 0.0859. The highest BCUT2D eigenvalue weighted by molar-refractivity contribution is 7.87. The Morgan fingerprint density at radius 2 is 2.05 bits per heavy atom. The molecule has 1 aromatic heterocycles. The van der Waals surface area contributed by atoms with Crippen molar-refractivity contribution in [2.75, 3.05) is 7.05 Å². The van der Waals surface area contributed by atoms with Crippen LogP contribution in [0.1, 0.15) is 24.4 Å². The predicted molar refractivity (Wildman–Crippen MR) is 75.5 cm³/mol. The highest BCUT2D eigenvalue weighted by atomic mass is 32.2. The van der Waals surface area contributed by atoms with Crippen LogP contribution in [0.25, 0.3) is 11.0 Å². The first-order chi connectivity index (χ1) is 9.72. The maximum Gasteiger partial charge on any atom is 0.304 e. The second-order valence-corrected chi connectivity index (χ2v) is 6.55. The van der Waals surface area contributed by atoms with Gasteiger partial charge in [-0.15, -0.1) is 0 Å². The Morgan fingerprint density at radius 1 is 1.38 bits per heavy atom. The van der Waals surface area contributed by atoms with Crippen molar-refractivity contribution in [3.05, 3.63) is 35.8 Å². The Balaban J connectivity index is 2.29. The highest BCUT2D eigenvalue weighted by Crippen LogP contribution is 2.22. The number of fused-ring (bicyclic) bond motifs is 1. The van der Waals surface area contributed by atoms with Crippen LogP contribution in [-0.2, 0) is 10.2 Å². The van der Waals surface area contributed by atoms with Gasteiger partial charge in [-0.25, -0.2) is 9.11 Å². The minimum atomic E-state index is -3.97. The standard InChI is InChI=1S/C13H15FN2O4S/c1-8(2)16(3)21(18,19)15-13(17)11-7-9-5-4-6-10(14)12(9)20-11/h4-8H,1-3H3,(H,15,17). The van der Waals surface area contributed by atoms with Crippen LogP contribution >= 0.6 is 0 Å². The number of para-hydroxylation sites is 1. The van der Waals surface area contributed by atoms with Crippen molar-refractivity contribution < 1.29 is 22.0 Å². The zero-order valence-electron chi connectivity index (χ0n) is 11.8. The summed E-state index contributed by atoms with van der Waals surface area (Å²) in [5, 5.41) is 0.384. The zero-order chi connectivity index (χ0) is 15.8. The lowest BCUT2D eigenvalue weighted by Gasteiger charge is -2.20. The van der Waals surface area contributed by atoms with Gasteiger partial charge in [0.05, 0.1) is 0 Å². The van der Waals surface area contributed by atoms with Crippen LogP contribution in [0.15, 0.2) is 28.7 Å². The number of furan rings is 1. The molecule has 1 aromatic carbocycles. The molecule has 0 aliphatic rings. The molecule has 0 saturated carbocycles. The van der Waals surface area contributed by atoms with Crippen LogP contribution in [0.3, 0.4) is 0 Å². The Labute approximate surface area is 121 Å². The number of rotatable bonds is 4. The lowest BCUT2D eigenvalue weighted by Crippen LogP contribution is -2.44. The lowest BCUT2D eigenvalue weighted by atomic mass is 10.2. The van der Waals surface area contributed by atoms with E-state index in [0.29, 0.717) is 5.39 Å². The van der Waals surface area contributed by atoms with Gasteiger partial charge in [-0.1, -0.05) is 12.1 Å². The molecule has 0 bridgehead atoms. The van der Waals surface area contributed by atoms with E-state index in [0.717, 1.165) is 4.31 Å². The molecule has 0 spiro atoms. The van der Waals surface area contributed by atoms with Crippen molar-refractivity contribution in [3.8, 4) is 0 Å². The van der Waals surface area contributed by atoms with Gasteiger partial charge in [0, 0.05) is 18.5 Å². The van der Waals surface area contributed by atoms with Gasteiger partial charge in [0.2, 0.25) is 0 Å². The molecule has 6 nitrogen and oxygen atoms in total. The molecule has 0 radical (unpaired) electrons. The summed E-state index contributed by atoms with van der Waals surface area (Å²) in [6, 6.07) is 5.20. The maximum atomic E-state index is 13.5. The summed E-state index contributed by atoms with van der Waals surface area (Å²) in [4.78, 5) is 11.9. The molecule has 0 aliphatic heterocycles. The molecule has 1 N–H and O–H groups in total. The van der Waals surface area contributed by atoms with Gasteiger partial charge in [-0.2, -0.15) is 12.7 Å². The summed E-state index contributed by atoms with van der Waals surface area (Å²) >= 11 is 0. The van der Waals surface area contributed by atoms with Crippen molar-refractivity contribution >= 4 is 27.1 Å². The molecule has 0 aliphatic carbocycles. The summed E-state index contributed by atoms with van der Waals surface area (Å²) in [5.41, 5.74) is -0.0859. The number of carbonyl (C=O) groups is 1. The largest absolute Gasteiger partial charge is 0.448 e. The van der Waals surface area contributed by atoms with Crippen molar-refractivity contribution in [1.82, 2.24) is 9.03 Å². The van der Waals surface area contributed by atoms with E-state index in [2.05, 4.69) is 0 Å². The van der Waals surface area contributed by atoms with E-state index in [1.54, 1.807) is 19.9 Å². The third-order valence-electron chi connectivity index (χ3n) is 3.05. The van der Waals surface area contributed by atoms with Crippen LogP contribution in [0.2, 0.25) is 0 Å². The highest BCUT2D eigenvalue weighted by Gasteiger charge is 2.25. The normalized spacial score (nSPS) is 12.3. The predicted octanol–water partition coefficient (Wildman–Crippen LogP) is 1.89. The molecular weight excluding hydrogens is 299 g/mol. The van der Waals surface area contributed by atoms with E-state index in [-0.39, 0.29) is 17.4 Å². The third kappa shape index (κ3) is 3.06. The summed E-state index contributed by atoms with van der Waals surface area (Å²) in [6.45, 7) is 3.33. The molecule has 0 atom stereocenters. The van der Waals surface area contributed by atoms with Gasteiger partial charge in [-0.05, 0) is 26.0 Å². The molecule has 1 heterocycles. The van der Waals surface area contributed by atoms with E-state index in [1.807, 2.05) is 4.72 Å². The lowest BCUT2D eigenvalue weighted by molar-refractivity contribution is 0.0954. The van der Waals surface area contributed by atoms with E-state index in [1.165, 1.54) is 25.2 Å². The maximum absolute atomic E-state index is 13.5. The SMILES string of the molecule is CC(C)N(C)S(=O)(=O)NC(=O)c1cc2cccc(F)c2o1. The molecule has 0 saturated heterocycles. The van der Waals surface area contributed by atoms with Crippen LogP contribution in [0.4, 0.5) is 4.39 Å². The Morgan fingerprint density at radius 3 is 2.62 bits per heavy atom. The van der Waals surface area contributed by atoms with Gasteiger partial charge in [-0.3, -0.25) is 4.79 Å². The first-order valence-electron chi connectivity index (χ1n) is 6.20. The topological polar surface area (TPSA) is 79.6 Å². The molecule has 2 rings (SSSR count). The van der Waals surface area contributed by atoms with E-state index < -0.39 is 21.9 Å². The molecule has 0 unspecified atom stereocenters. The Hall–Kier alpha value is -1.93. The molecule has 1 amide bonds. The third-order valence-corrected chi connectivity index (χ3v) is 4.67. The van der Waals surface area contributed by atoms with E-state index in [4.69, 9.17) is 4.42 Å². The monoisotopic (exact) mass is 314 g/mol. The van der Waals surface area contributed by atoms with Crippen LogP contribution in [0.5, 0.6) is 0 Å². The zero-order valence-corrected chi connectivity index (χ0v) is 12.6. The summed E-state index contributed by atoms with van der Waals surface area (Å²) in [5.74, 6) is -1.83. The van der Waals surface area contributed by atoms with Crippen molar-refractivity contribution in [2.24, 2.45) is 0 Å². The van der Waals surface area contributed by atoms with Gasteiger partial charge >= 0.3 is 16.1 Å². The number of benzene rings is 1. The number of hydrogen-bond acceptors (Lipinski definition) is 4. The van der Waals surface area contributed by atoms with Gasteiger partial charge in [0.25, 0.3) is 0 Å². The summed E-state index contributed by atoms with van der Waals surface area (Å²) in [6.07, 6.45) is 0. The number of nitrogens with zero attached hydrogens (tertiary/aromatic N) is 1. The Bertz CT molecular complexity index is 783. The van der Waals surface area contributed by atoms with E-state index in [9.17, 15) is 17.6 Å². The number of carbonyl (C=O) groups excluding carboxylic acids is 1. The Kier molecular flexibility index (Phi) is 4.02. The summed E-state index contributed by atoms with van der Waals surface area (Å²) in [7, 11) is -2.63. The molecule has 8 heteroatoms. The smallest absolute Gasteiger partial charge is 0.304 e. The van der Waals surface area contributed by atoms with Gasteiger partial charge in [0.15, 0.2) is 17.2 Å². The average Bonchev–Trinajstić information content (AvgIpc) is 2.82. The second-order valence-electron chi connectivity index (χ2n) is 4.82. The summed E-state index contributed by atoms with van der Waals surface area (Å²) < 4.78 is 45.3. The number of nitrogens with one attached hydrogen (secondary N) is 1. The molecule has 114 valence electrons. The first kappa shape index (κ1) is 15.5. The molecular formula is C13H15FN2O4S. The van der Waals surface area contributed by atoms with Crippen LogP contribution in [-0.4, -0.2) is 31.7 Å². The van der Waals surface area contributed by atoms with Crippen LogP contribution in [0, 0.1) is 5.82 Å². The quantitative estimate of drug-likeness (QED) is 0.934. The van der Waals surface area contributed by atoms with Crippen molar-refractivity contribution in [2.45, 2.75) is 19.9 Å². The molecule has 0 fully saturated rings. The fraction of sp³-hybridized carbons (Fsp3) is 0.308. The van der Waals surface area contributed by atoms with Crippen LogP contribution < -0.4 is 4.72 Å². The van der Waals surface area contributed by atoms with Gasteiger partial charge < -0.3 is 4.42 Å². The fourth-order valence-electron chi connectivity index (χ4n) is 1.66. The molecule has 21 heavy (non-hydrogen) atoms. The average molecular weight is 314 g/mol. The molecule has 2 aromatic rings. The van der Waals surface area contributed by atoms with E-state index >= 15 is 0 Å². The van der Waals surface area contributed by atoms with Crippen molar-refractivity contribution in [3.63, 3.8) is 0 Å². The van der Waals surface area contributed by atoms with Gasteiger partial charge in [0.1, 0.15) is 0 Å².